The van der Waals surface area contributed by atoms with Crippen molar-refractivity contribution >= 4 is 0 Å². The minimum atomic E-state index is 0.204. The predicted molar refractivity (Wildman–Crippen MR) is 60.3 cm³/mol. The fourth-order valence-electron chi connectivity index (χ4n) is 1.94. The van der Waals surface area contributed by atoms with Crippen LogP contribution in [-0.4, -0.2) is 26.8 Å². The number of hydrogen-bond acceptors (Lipinski definition) is 5. The van der Waals surface area contributed by atoms with E-state index in [1.54, 1.807) is 7.05 Å². The highest BCUT2D eigenvalue weighted by Gasteiger charge is 2.23. The van der Waals surface area contributed by atoms with Crippen LogP contribution >= 0.6 is 0 Å². The number of para-hydroxylation sites is 1. The monoisotopic (exact) mass is 231 g/mol. The number of tetrazole rings is 1. The van der Waals surface area contributed by atoms with E-state index in [9.17, 15) is 0 Å². The van der Waals surface area contributed by atoms with E-state index in [1.165, 1.54) is 10.4 Å². The van der Waals surface area contributed by atoms with E-state index < -0.39 is 0 Å². The Bertz CT molecular complexity index is 524. The standard InChI is InChI=1S/C11H13N5O/c1-16-14-11(13-15-16)6-12-9-7-17-10-5-3-2-4-8(9)10/h2-5,9,12H,6-7H2,1H3. The largest absolute Gasteiger partial charge is 0.491 e. The van der Waals surface area contributed by atoms with Gasteiger partial charge < -0.3 is 4.74 Å². The summed E-state index contributed by atoms with van der Waals surface area (Å²) in [6.07, 6.45) is 0. The summed E-state index contributed by atoms with van der Waals surface area (Å²) < 4.78 is 5.58. The molecular formula is C11H13N5O. The van der Waals surface area contributed by atoms with Crippen molar-refractivity contribution in [1.82, 2.24) is 25.5 Å². The number of rotatable bonds is 3. The van der Waals surface area contributed by atoms with Crippen LogP contribution in [0.15, 0.2) is 24.3 Å². The van der Waals surface area contributed by atoms with Gasteiger partial charge in [0, 0.05) is 5.56 Å². The number of benzene rings is 1. The lowest BCUT2D eigenvalue weighted by Gasteiger charge is -2.08. The van der Waals surface area contributed by atoms with Crippen LogP contribution in [0.2, 0.25) is 0 Å². The van der Waals surface area contributed by atoms with E-state index >= 15 is 0 Å². The Balaban J connectivity index is 1.68. The summed E-state index contributed by atoms with van der Waals surface area (Å²) in [5.41, 5.74) is 1.19. The molecule has 1 aromatic heterocycles. The van der Waals surface area contributed by atoms with Gasteiger partial charge in [-0.25, -0.2) is 0 Å². The maximum atomic E-state index is 5.58. The Kier molecular flexibility index (Phi) is 2.49. The first-order valence-corrected chi connectivity index (χ1v) is 5.51. The Morgan fingerprint density at radius 2 is 2.35 bits per heavy atom. The van der Waals surface area contributed by atoms with Crippen molar-refractivity contribution in [1.29, 1.82) is 0 Å². The molecular weight excluding hydrogens is 218 g/mol. The number of aromatic nitrogens is 4. The molecule has 1 aliphatic rings. The zero-order chi connectivity index (χ0) is 11.7. The summed E-state index contributed by atoms with van der Waals surface area (Å²) in [5, 5.41) is 15.2. The van der Waals surface area contributed by atoms with Crippen LogP contribution in [0.25, 0.3) is 0 Å². The average Bonchev–Trinajstić information content (AvgIpc) is 2.93. The van der Waals surface area contributed by atoms with E-state index in [-0.39, 0.29) is 6.04 Å². The van der Waals surface area contributed by atoms with E-state index in [0.29, 0.717) is 19.0 Å². The average molecular weight is 231 g/mol. The van der Waals surface area contributed by atoms with Gasteiger partial charge in [0.25, 0.3) is 0 Å². The molecule has 0 bridgehead atoms. The summed E-state index contributed by atoms with van der Waals surface area (Å²) >= 11 is 0. The van der Waals surface area contributed by atoms with E-state index in [2.05, 4.69) is 26.8 Å². The third-order valence-electron chi connectivity index (χ3n) is 2.76. The van der Waals surface area contributed by atoms with Crippen LogP contribution in [0.3, 0.4) is 0 Å². The molecule has 0 aliphatic carbocycles. The van der Waals surface area contributed by atoms with Crippen LogP contribution in [0.4, 0.5) is 0 Å². The smallest absolute Gasteiger partial charge is 0.188 e. The van der Waals surface area contributed by atoms with Crippen molar-refractivity contribution in [3.63, 3.8) is 0 Å². The summed E-state index contributed by atoms with van der Waals surface area (Å²) in [6, 6.07) is 8.26. The van der Waals surface area contributed by atoms with Crippen LogP contribution in [-0.2, 0) is 13.6 Å². The van der Waals surface area contributed by atoms with Gasteiger partial charge in [-0.1, -0.05) is 18.2 Å². The van der Waals surface area contributed by atoms with Gasteiger partial charge in [0.1, 0.15) is 12.4 Å². The second kappa shape index (κ2) is 4.14. The van der Waals surface area contributed by atoms with Crippen LogP contribution in [0.5, 0.6) is 5.75 Å². The van der Waals surface area contributed by atoms with Gasteiger partial charge in [0.2, 0.25) is 0 Å². The third kappa shape index (κ3) is 1.99. The van der Waals surface area contributed by atoms with Gasteiger partial charge in [0.15, 0.2) is 5.82 Å². The lowest BCUT2D eigenvalue weighted by Crippen LogP contribution is -2.22. The Morgan fingerprint density at radius 1 is 1.47 bits per heavy atom. The van der Waals surface area contributed by atoms with Crippen molar-refractivity contribution in [2.45, 2.75) is 12.6 Å². The van der Waals surface area contributed by atoms with E-state index in [1.807, 2.05) is 18.2 Å². The first-order valence-electron chi connectivity index (χ1n) is 5.51. The molecule has 6 nitrogen and oxygen atoms in total. The fourth-order valence-corrected chi connectivity index (χ4v) is 1.94. The minimum Gasteiger partial charge on any atom is -0.491 e. The van der Waals surface area contributed by atoms with Crippen molar-refractivity contribution in [2.24, 2.45) is 7.05 Å². The normalized spacial score (nSPS) is 17.8. The highest BCUT2D eigenvalue weighted by molar-refractivity contribution is 5.39. The topological polar surface area (TPSA) is 64.9 Å². The molecule has 17 heavy (non-hydrogen) atoms. The fraction of sp³-hybridized carbons (Fsp3) is 0.364. The minimum absolute atomic E-state index is 0.204. The molecule has 2 heterocycles. The first kappa shape index (κ1) is 10.2. The molecule has 1 aromatic carbocycles. The number of ether oxygens (including phenoxy) is 1. The van der Waals surface area contributed by atoms with Crippen LogP contribution < -0.4 is 10.1 Å². The van der Waals surface area contributed by atoms with Crippen molar-refractivity contribution in [3.8, 4) is 5.75 Å². The molecule has 2 aromatic rings. The quantitative estimate of drug-likeness (QED) is 0.830. The van der Waals surface area contributed by atoms with Gasteiger partial charge in [0.05, 0.1) is 19.6 Å². The summed E-state index contributed by atoms with van der Waals surface area (Å²) in [4.78, 5) is 1.45. The second-order valence-corrected chi connectivity index (χ2v) is 3.98. The molecule has 0 radical (unpaired) electrons. The van der Waals surface area contributed by atoms with Crippen LogP contribution in [0.1, 0.15) is 17.4 Å². The Labute approximate surface area is 98.6 Å². The highest BCUT2D eigenvalue weighted by Crippen LogP contribution is 2.31. The molecule has 1 atom stereocenters. The molecule has 88 valence electrons. The first-order chi connectivity index (χ1) is 8.33. The molecule has 0 fully saturated rings. The lowest BCUT2D eigenvalue weighted by atomic mass is 10.1. The van der Waals surface area contributed by atoms with Crippen molar-refractivity contribution in [3.05, 3.63) is 35.7 Å². The number of nitrogens with one attached hydrogen (secondary N) is 1. The molecule has 0 saturated carbocycles. The number of nitrogens with zero attached hydrogens (tertiary/aromatic N) is 4. The Hall–Kier alpha value is -1.95. The molecule has 0 saturated heterocycles. The molecule has 0 amide bonds. The summed E-state index contributed by atoms with van der Waals surface area (Å²) in [7, 11) is 1.75. The molecule has 1 unspecified atom stereocenters. The van der Waals surface area contributed by atoms with E-state index in [4.69, 9.17) is 4.74 Å². The zero-order valence-electron chi connectivity index (χ0n) is 9.50. The number of fused-ring (bicyclic) bond motifs is 1. The van der Waals surface area contributed by atoms with Gasteiger partial charge in [-0.15, -0.1) is 10.2 Å². The maximum Gasteiger partial charge on any atom is 0.188 e. The number of aryl methyl sites for hydroxylation is 1. The molecule has 6 heteroatoms. The van der Waals surface area contributed by atoms with E-state index in [0.717, 1.165) is 5.75 Å². The van der Waals surface area contributed by atoms with Gasteiger partial charge in [-0.05, 0) is 11.3 Å². The summed E-state index contributed by atoms with van der Waals surface area (Å²) in [5.74, 6) is 1.65. The lowest BCUT2D eigenvalue weighted by molar-refractivity contribution is 0.309. The van der Waals surface area contributed by atoms with Crippen molar-refractivity contribution in [2.75, 3.05) is 6.61 Å². The molecule has 1 N–H and O–H groups in total. The SMILES string of the molecule is Cn1nnc(CNC2COc3ccccc32)n1. The van der Waals surface area contributed by atoms with Crippen LogP contribution in [0, 0.1) is 0 Å². The third-order valence-corrected chi connectivity index (χ3v) is 2.76. The molecule has 3 rings (SSSR count). The number of hydrogen-bond donors (Lipinski definition) is 1. The van der Waals surface area contributed by atoms with Gasteiger partial charge in [-0.3, -0.25) is 5.32 Å². The predicted octanol–water partition coefficient (Wildman–Crippen LogP) is 0.433. The highest BCUT2D eigenvalue weighted by atomic mass is 16.5. The zero-order valence-corrected chi connectivity index (χ0v) is 9.50. The van der Waals surface area contributed by atoms with Gasteiger partial charge in [-0.2, -0.15) is 4.80 Å². The van der Waals surface area contributed by atoms with Gasteiger partial charge >= 0.3 is 0 Å². The second-order valence-electron chi connectivity index (χ2n) is 3.98. The maximum absolute atomic E-state index is 5.58. The summed E-state index contributed by atoms with van der Waals surface area (Å²) in [6.45, 7) is 1.25. The Morgan fingerprint density at radius 3 is 3.18 bits per heavy atom. The molecule has 1 aliphatic heterocycles. The van der Waals surface area contributed by atoms with Crippen molar-refractivity contribution < 1.29 is 4.74 Å². The molecule has 0 spiro atoms.